The molecule has 5 nitrogen and oxygen atoms in total. The van der Waals surface area contributed by atoms with E-state index in [4.69, 9.17) is 4.74 Å². The molecule has 1 atom stereocenters. The predicted molar refractivity (Wildman–Crippen MR) is 117 cm³/mol. The largest absolute Gasteiger partial charge is 0.493 e. The monoisotopic (exact) mass is 391 g/mol. The van der Waals surface area contributed by atoms with Gasteiger partial charge in [-0.2, -0.15) is 0 Å². The molecule has 1 heterocycles. The zero-order chi connectivity index (χ0) is 20.1. The molecule has 2 aromatic carbocycles. The van der Waals surface area contributed by atoms with Gasteiger partial charge in [0.15, 0.2) is 0 Å². The Labute approximate surface area is 172 Å². The fraction of sp³-hybridized carbons (Fsp3) is 0.375. The average Bonchev–Trinajstić information content (AvgIpc) is 3.23. The summed E-state index contributed by atoms with van der Waals surface area (Å²) in [6, 6.07) is 14.7. The third kappa shape index (κ3) is 4.62. The fourth-order valence-electron chi connectivity index (χ4n) is 3.98. The topological polar surface area (TPSA) is 53.6 Å². The summed E-state index contributed by atoms with van der Waals surface area (Å²) in [5.74, 6) is 1.09. The van der Waals surface area contributed by atoms with Crippen LogP contribution in [0.1, 0.15) is 25.7 Å². The van der Waals surface area contributed by atoms with E-state index < -0.39 is 0 Å². The number of rotatable bonds is 8. The van der Waals surface area contributed by atoms with Crippen LogP contribution >= 0.6 is 0 Å². The van der Waals surface area contributed by atoms with Crippen molar-refractivity contribution in [3.05, 3.63) is 65.9 Å². The van der Waals surface area contributed by atoms with Crippen LogP contribution in [-0.2, 0) is 4.79 Å². The van der Waals surface area contributed by atoms with Crippen LogP contribution < -0.4 is 15.4 Å². The molecule has 1 unspecified atom stereocenters. The van der Waals surface area contributed by atoms with Crippen LogP contribution in [0.25, 0.3) is 10.8 Å². The van der Waals surface area contributed by atoms with Crippen molar-refractivity contribution < 1.29 is 9.53 Å². The molecular formula is C24H29N3O2. The van der Waals surface area contributed by atoms with Gasteiger partial charge in [0.05, 0.1) is 19.3 Å². The molecule has 152 valence electrons. The third-order valence-corrected chi connectivity index (χ3v) is 5.67. The number of nitrogens with one attached hydrogen (secondary N) is 2. The quantitative estimate of drug-likeness (QED) is 0.676. The molecule has 1 aliphatic heterocycles. The zero-order valence-electron chi connectivity index (χ0n) is 17.0. The highest BCUT2D eigenvalue weighted by Gasteiger charge is 2.27. The third-order valence-electron chi connectivity index (χ3n) is 5.67. The van der Waals surface area contributed by atoms with E-state index in [1.165, 1.54) is 11.1 Å². The molecule has 2 N–H and O–H groups in total. The predicted octanol–water partition coefficient (Wildman–Crippen LogP) is 3.58. The Morgan fingerprint density at radius 1 is 1.10 bits per heavy atom. The van der Waals surface area contributed by atoms with Gasteiger partial charge >= 0.3 is 0 Å². The van der Waals surface area contributed by atoms with Gasteiger partial charge in [0.1, 0.15) is 5.75 Å². The van der Waals surface area contributed by atoms with Crippen LogP contribution in [0.15, 0.2) is 65.9 Å². The molecule has 1 fully saturated rings. The summed E-state index contributed by atoms with van der Waals surface area (Å²) in [4.78, 5) is 14.5. The number of carbonyl (C=O) groups excluding carboxylic acids is 1. The first-order valence-corrected chi connectivity index (χ1v) is 10.5. The molecule has 4 rings (SSSR count). The number of unbranched alkanes of at least 4 members (excludes halogenated alkanes) is 2. The second kappa shape index (κ2) is 9.14. The molecule has 0 saturated carbocycles. The molecule has 1 amide bonds. The van der Waals surface area contributed by atoms with Crippen molar-refractivity contribution in [3.63, 3.8) is 0 Å². The average molecular weight is 392 g/mol. The van der Waals surface area contributed by atoms with Gasteiger partial charge in [-0.25, -0.2) is 0 Å². The molecule has 29 heavy (non-hydrogen) atoms. The second-order valence-corrected chi connectivity index (χ2v) is 7.74. The molecule has 5 heteroatoms. The van der Waals surface area contributed by atoms with Crippen LogP contribution in [0.3, 0.4) is 0 Å². The van der Waals surface area contributed by atoms with Gasteiger partial charge in [0.2, 0.25) is 5.91 Å². The van der Waals surface area contributed by atoms with Crippen LogP contribution in [0.2, 0.25) is 0 Å². The van der Waals surface area contributed by atoms with Gasteiger partial charge in [-0.1, -0.05) is 42.5 Å². The number of benzene rings is 2. The highest BCUT2D eigenvalue weighted by Crippen LogP contribution is 2.25. The van der Waals surface area contributed by atoms with E-state index in [-0.39, 0.29) is 11.9 Å². The summed E-state index contributed by atoms with van der Waals surface area (Å²) in [6.07, 6.45) is 7.76. The van der Waals surface area contributed by atoms with Crippen molar-refractivity contribution in [2.45, 2.75) is 31.7 Å². The molecular weight excluding hydrogens is 362 g/mol. The van der Waals surface area contributed by atoms with E-state index in [9.17, 15) is 4.79 Å². The summed E-state index contributed by atoms with van der Waals surface area (Å²) in [5.41, 5.74) is 2.08. The van der Waals surface area contributed by atoms with Crippen molar-refractivity contribution in [2.24, 2.45) is 0 Å². The molecule has 1 aliphatic carbocycles. The van der Waals surface area contributed by atoms with Crippen molar-refractivity contribution in [3.8, 4) is 5.75 Å². The van der Waals surface area contributed by atoms with Crippen molar-refractivity contribution >= 4 is 16.7 Å². The van der Waals surface area contributed by atoms with Crippen molar-refractivity contribution in [2.75, 3.05) is 26.9 Å². The first kappa shape index (κ1) is 19.5. The summed E-state index contributed by atoms with van der Waals surface area (Å²) >= 11 is 0. The van der Waals surface area contributed by atoms with Gasteiger partial charge in [0.25, 0.3) is 0 Å². The number of likely N-dealkylation sites (N-methyl/N-ethyl adjacent to an activating group) is 1. The second-order valence-electron chi connectivity index (χ2n) is 7.74. The first-order chi connectivity index (χ1) is 14.2. The fourth-order valence-corrected chi connectivity index (χ4v) is 3.98. The summed E-state index contributed by atoms with van der Waals surface area (Å²) in [7, 11) is 1.90. The minimum atomic E-state index is 0.140. The smallest absolute Gasteiger partial charge is 0.249 e. The van der Waals surface area contributed by atoms with Crippen LogP contribution in [0.5, 0.6) is 5.75 Å². The number of hydrogen-bond donors (Lipinski definition) is 2. The molecule has 0 aromatic heterocycles. The minimum absolute atomic E-state index is 0.140. The maximum absolute atomic E-state index is 12.7. The lowest BCUT2D eigenvalue weighted by molar-refractivity contribution is -0.126. The van der Waals surface area contributed by atoms with E-state index in [1.54, 1.807) is 0 Å². The summed E-state index contributed by atoms with van der Waals surface area (Å²) in [5, 5.41) is 9.02. The van der Waals surface area contributed by atoms with Crippen molar-refractivity contribution in [1.82, 2.24) is 15.5 Å². The van der Waals surface area contributed by atoms with E-state index in [0.29, 0.717) is 6.61 Å². The van der Waals surface area contributed by atoms with Gasteiger partial charge in [-0.05, 0) is 43.2 Å². The number of allylic oxidation sites excluding steroid dienone is 2. The van der Waals surface area contributed by atoms with Crippen LogP contribution in [0.4, 0.5) is 0 Å². The summed E-state index contributed by atoms with van der Waals surface area (Å²) in [6.45, 7) is 2.25. The highest BCUT2D eigenvalue weighted by atomic mass is 16.5. The SMILES string of the molecule is CN(CCCCCOc1cccc2ccccc12)C(=O)C1=CC=C2NCNC2C1. The van der Waals surface area contributed by atoms with Crippen LogP contribution in [0, 0.1) is 0 Å². The minimum Gasteiger partial charge on any atom is -0.493 e. The number of amides is 1. The molecule has 0 radical (unpaired) electrons. The molecule has 2 aliphatic rings. The Bertz CT molecular complexity index is 929. The molecule has 2 aromatic rings. The highest BCUT2D eigenvalue weighted by molar-refractivity contribution is 5.94. The van der Waals surface area contributed by atoms with E-state index in [1.807, 2.05) is 48.4 Å². The Morgan fingerprint density at radius 2 is 1.97 bits per heavy atom. The molecule has 1 saturated heterocycles. The lowest BCUT2D eigenvalue weighted by atomic mass is 9.97. The summed E-state index contributed by atoms with van der Waals surface area (Å²) < 4.78 is 6.00. The van der Waals surface area contributed by atoms with Gasteiger partial charge < -0.3 is 15.0 Å². The Balaban J connectivity index is 1.17. The maximum Gasteiger partial charge on any atom is 0.249 e. The number of nitrogens with zero attached hydrogens (tertiary/aromatic N) is 1. The zero-order valence-corrected chi connectivity index (χ0v) is 17.0. The lowest BCUT2D eigenvalue weighted by Gasteiger charge is -2.23. The molecule has 0 spiro atoms. The number of fused-ring (bicyclic) bond motifs is 2. The Hall–Kier alpha value is -2.79. The van der Waals surface area contributed by atoms with Gasteiger partial charge in [-0.15, -0.1) is 0 Å². The normalized spacial score (nSPS) is 17.9. The van der Waals surface area contributed by atoms with Gasteiger partial charge in [-0.3, -0.25) is 10.1 Å². The first-order valence-electron chi connectivity index (χ1n) is 10.5. The van der Waals surface area contributed by atoms with Gasteiger partial charge in [0, 0.05) is 30.2 Å². The lowest BCUT2D eigenvalue weighted by Crippen LogP contribution is -2.33. The van der Waals surface area contributed by atoms with Crippen LogP contribution in [-0.4, -0.2) is 43.7 Å². The Morgan fingerprint density at radius 3 is 2.90 bits per heavy atom. The van der Waals surface area contributed by atoms with Crippen molar-refractivity contribution in [1.29, 1.82) is 0 Å². The maximum atomic E-state index is 12.7. The van der Waals surface area contributed by atoms with E-state index >= 15 is 0 Å². The number of hydrogen-bond acceptors (Lipinski definition) is 4. The Kier molecular flexibility index (Phi) is 6.15. The number of carbonyl (C=O) groups is 1. The molecule has 0 bridgehead atoms. The number of ether oxygens (including phenoxy) is 1. The standard InChI is InChI=1S/C24H29N3O2/c1-27(24(28)19-12-13-21-22(16-19)26-17-25-21)14-5-2-6-15-29-23-11-7-9-18-8-3-4-10-20(18)23/h3-4,7-13,22,25-26H,2,5-6,14-17H2,1H3. The van der Waals surface area contributed by atoms with E-state index in [0.717, 1.165) is 55.6 Å². The van der Waals surface area contributed by atoms with E-state index in [2.05, 4.69) is 28.8 Å².